The monoisotopic (exact) mass is 228 g/mol. The lowest BCUT2D eigenvalue weighted by atomic mass is 9.95. The Hall–Kier alpha value is -0.610. The van der Waals surface area contributed by atoms with Gasteiger partial charge in [-0.3, -0.25) is 4.79 Å². The fourth-order valence-corrected chi connectivity index (χ4v) is 2.23. The molecule has 0 heterocycles. The van der Waals surface area contributed by atoms with E-state index < -0.39 is 12.0 Å². The molecule has 0 aromatic heterocycles. The first-order valence-corrected chi connectivity index (χ1v) is 6.42. The van der Waals surface area contributed by atoms with Gasteiger partial charge in [0.25, 0.3) is 0 Å². The van der Waals surface area contributed by atoms with E-state index in [0.717, 1.165) is 19.4 Å². The van der Waals surface area contributed by atoms with E-state index in [-0.39, 0.29) is 0 Å². The lowest BCUT2D eigenvalue weighted by Gasteiger charge is -2.22. The van der Waals surface area contributed by atoms with E-state index in [2.05, 4.69) is 5.32 Å². The Morgan fingerprint density at radius 2 is 2.00 bits per heavy atom. The molecule has 1 fully saturated rings. The number of hydrogen-bond acceptors (Lipinski definition) is 3. The van der Waals surface area contributed by atoms with E-state index in [1.54, 1.807) is 0 Å². The molecule has 0 radical (unpaired) electrons. The Balaban J connectivity index is 1.93. The quantitative estimate of drug-likeness (QED) is 0.577. The van der Waals surface area contributed by atoms with E-state index in [4.69, 9.17) is 10.8 Å². The zero-order chi connectivity index (χ0) is 11.8. The summed E-state index contributed by atoms with van der Waals surface area (Å²) >= 11 is 0. The second-order valence-electron chi connectivity index (χ2n) is 4.73. The van der Waals surface area contributed by atoms with Crippen LogP contribution in [0.4, 0.5) is 0 Å². The molecule has 1 atom stereocenters. The highest BCUT2D eigenvalue weighted by Gasteiger charge is 2.12. The van der Waals surface area contributed by atoms with Crippen molar-refractivity contribution >= 4 is 5.97 Å². The smallest absolute Gasteiger partial charge is 0.320 e. The summed E-state index contributed by atoms with van der Waals surface area (Å²) in [6.07, 6.45) is 9.18. The van der Waals surface area contributed by atoms with Crippen LogP contribution in [0.5, 0.6) is 0 Å². The average Bonchev–Trinajstić information content (AvgIpc) is 2.29. The Kier molecular flexibility index (Phi) is 6.42. The Morgan fingerprint density at radius 3 is 2.62 bits per heavy atom. The highest BCUT2D eigenvalue weighted by molar-refractivity contribution is 5.72. The zero-order valence-corrected chi connectivity index (χ0v) is 9.95. The van der Waals surface area contributed by atoms with Gasteiger partial charge in [0.05, 0.1) is 0 Å². The van der Waals surface area contributed by atoms with Crippen molar-refractivity contribution < 1.29 is 9.90 Å². The first-order chi connectivity index (χ1) is 7.70. The van der Waals surface area contributed by atoms with E-state index in [0.29, 0.717) is 12.5 Å². The van der Waals surface area contributed by atoms with Gasteiger partial charge in [-0.25, -0.2) is 0 Å². The molecule has 0 aromatic rings. The minimum Gasteiger partial charge on any atom is -0.480 e. The van der Waals surface area contributed by atoms with E-state index >= 15 is 0 Å². The van der Waals surface area contributed by atoms with Gasteiger partial charge in [0.2, 0.25) is 0 Å². The molecule has 1 aliphatic rings. The van der Waals surface area contributed by atoms with E-state index in [1.165, 1.54) is 32.1 Å². The first kappa shape index (κ1) is 13.5. The maximum atomic E-state index is 10.5. The van der Waals surface area contributed by atoms with Crippen LogP contribution < -0.4 is 11.1 Å². The summed E-state index contributed by atoms with van der Waals surface area (Å²) in [5.41, 5.74) is 5.42. The standard InChI is InChI=1S/C12H24N2O2/c13-11(12(15)16)8-4-5-9-14-10-6-2-1-3-7-10/h10-11,14H,1-9,13H2,(H,15,16)/t11-/m1/s1. The molecule has 0 aromatic carbocycles. The van der Waals surface area contributed by atoms with Crippen molar-refractivity contribution in [3.8, 4) is 0 Å². The number of nitrogens with two attached hydrogens (primary N) is 1. The van der Waals surface area contributed by atoms with Crippen LogP contribution >= 0.6 is 0 Å². The molecule has 0 saturated heterocycles. The number of carbonyl (C=O) groups is 1. The Morgan fingerprint density at radius 1 is 1.31 bits per heavy atom. The summed E-state index contributed by atoms with van der Waals surface area (Å²) in [7, 11) is 0. The predicted molar refractivity (Wildman–Crippen MR) is 64.3 cm³/mol. The Bertz CT molecular complexity index is 203. The molecule has 16 heavy (non-hydrogen) atoms. The van der Waals surface area contributed by atoms with Crippen LogP contribution in [-0.4, -0.2) is 29.7 Å². The van der Waals surface area contributed by atoms with Crippen molar-refractivity contribution in [1.82, 2.24) is 5.32 Å². The van der Waals surface area contributed by atoms with Gasteiger partial charge in [0.1, 0.15) is 6.04 Å². The number of nitrogens with one attached hydrogen (secondary N) is 1. The number of unbranched alkanes of at least 4 members (excludes halogenated alkanes) is 1. The van der Waals surface area contributed by atoms with Crippen LogP contribution in [0.25, 0.3) is 0 Å². The van der Waals surface area contributed by atoms with Crippen molar-refractivity contribution in [2.75, 3.05) is 6.54 Å². The maximum Gasteiger partial charge on any atom is 0.320 e. The second kappa shape index (κ2) is 7.63. The molecule has 94 valence electrons. The number of aliphatic carboxylic acids is 1. The summed E-state index contributed by atoms with van der Waals surface area (Å²) in [6.45, 7) is 0.997. The van der Waals surface area contributed by atoms with Gasteiger partial charge in [-0.05, 0) is 32.2 Å². The molecule has 0 bridgehead atoms. The molecular weight excluding hydrogens is 204 g/mol. The molecule has 4 heteroatoms. The van der Waals surface area contributed by atoms with Crippen LogP contribution in [0.15, 0.2) is 0 Å². The number of rotatable bonds is 7. The third kappa shape index (κ3) is 5.47. The summed E-state index contributed by atoms with van der Waals surface area (Å²) in [5, 5.41) is 12.1. The third-order valence-corrected chi connectivity index (χ3v) is 3.30. The predicted octanol–water partition coefficient (Wildman–Crippen LogP) is 1.49. The first-order valence-electron chi connectivity index (χ1n) is 6.42. The SMILES string of the molecule is N[C@H](CCCCNC1CCCCC1)C(=O)O. The molecule has 0 aliphatic heterocycles. The fourth-order valence-electron chi connectivity index (χ4n) is 2.23. The number of carboxylic acids is 1. The average molecular weight is 228 g/mol. The molecule has 1 aliphatic carbocycles. The molecule has 0 amide bonds. The normalized spacial score (nSPS) is 19.6. The highest BCUT2D eigenvalue weighted by atomic mass is 16.4. The van der Waals surface area contributed by atoms with Crippen LogP contribution in [0, 0.1) is 0 Å². The molecule has 0 spiro atoms. The van der Waals surface area contributed by atoms with E-state index in [1.807, 2.05) is 0 Å². The number of carboxylic acid groups (broad SMARTS) is 1. The van der Waals surface area contributed by atoms with Gasteiger partial charge in [0, 0.05) is 6.04 Å². The molecule has 1 saturated carbocycles. The summed E-state index contributed by atoms with van der Waals surface area (Å²) in [5.74, 6) is -0.889. The minimum atomic E-state index is -0.889. The van der Waals surface area contributed by atoms with Crippen molar-refractivity contribution in [2.45, 2.75) is 63.5 Å². The topological polar surface area (TPSA) is 75.3 Å². The van der Waals surface area contributed by atoms with E-state index in [9.17, 15) is 4.79 Å². The molecule has 1 rings (SSSR count). The molecule has 0 unspecified atom stereocenters. The van der Waals surface area contributed by atoms with Crippen molar-refractivity contribution in [2.24, 2.45) is 5.73 Å². The molecule has 4 N–H and O–H groups in total. The highest BCUT2D eigenvalue weighted by Crippen LogP contribution is 2.17. The summed E-state index contributed by atoms with van der Waals surface area (Å²) in [4.78, 5) is 10.5. The summed E-state index contributed by atoms with van der Waals surface area (Å²) in [6, 6.07) is 0.0107. The van der Waals surface area contributed by atoms with Crippen molar-refractivity contribution in [3.63, 3.8) is 0 Å². The zero-order valence-electron chi connectivity index (χ0n) is 9.95. The van der Waals surface area contributed by atoms with Gasteiger partial charge < -0.3 is 16.2 Å². The molecule has 4 nitrogen and oxygen atoms in total. The van der Waals surface area contributed by atoms with Crippen molar-refractivity contribution in [3.05, 3.63) is 0 Å². The van der Waals surface area contributed by atoms with Crippen LogP contribution in [0.2, 0.25) is 0 Å². The largest absolute Gasteiger partial charge is 0.480 e. The van der Waals surface area contributed by atoms with Gasteiger partial charge in [-0.15, -0.1) is 0 Å². The van der Waals surface area contributed by atoms with Crippen molar-refractivity contribution in [1.29, 1.82) is 0 Å². The lowest BCUT2D eigenvalue weighted by molar-refractivity contribution is -0.138. The van der Waals surface area contributed by atoms with Gasteiger partial charge in [-0.1, -0.05) is 25.7 Å². The fraction of sp³-hybridized carbons (Fsp3) is 0.917. The van der Waals surface area contributed by atoms with Gasteiger partial charge >= 0.3 is 5.97 Å². The second-order valence-corrected chi connectivity index (χ2v) is 4.73. The lowest BCUT2D eigenvalue weighted by Crippen LogP contribution is -2.32. The van der Waals surface area contributed by atoms with Gasteiger partial charge in [0.15, 0.2) is 0 Å². The van der Waals surface area contributed by atoms with Crippen LogP contribution in [0.3, 0.4) is 0 Å². The summed E-state index contributed by atoms with van der Waals surface area (Å²) < 4.78 is 0. The van der Waals surface area contributed by atoms with Crippen LogP contribution in [-0.2, 0) is 4.79 Å². The van der Waals surface area contributed by atoms with Crippen LogP contribution in [0.1, 0.15) is 51.4 Å². The van der Waals surface area contributed by atoms with Gasteiger partial charge in [-0.2, -0.15) is 0 Å². The molecular formula is C12H24N2O2. The minimum absolute atomic E-state index is 0.585. The Labute approximate surface area is 97.6 Å². The number of hydrogen-bond donors (Lipinski definition) is 3. The maximum absolute atomic E-state index is 10.5. The third-order valence-electron chi connectivity index (χ3n) is 3.30.